The minimum absolute atomic E-state index is 0.0718. The Morgan fingerprint density at radius 3 is 2.65 bits per heavy atom. The summed E-state index contributed by atoms with van der Waals surface area (Å²) in [7, 11) is 0. The molecule has 104 valence electrons. The van der Waals surface area contributed by atoms with Gasteiger partial charge in [-0.3, -0.25) is 4.79 Å². The monoisotopic (exact) mass is 400 g/mol. The number of hydrogen-bond acceptors (Lipinski definition) is 2. The predicted molar refractivity (Wildman–Crippen MR) is 89.2 cm³/mol. The van der Waals surface area contributed by atoms with Gasteiger partial charge < -0.3 is 4.98 Å². The van der Waals surface area contributed by atoms with Crippen molar-refractivity contribution >= 4 is 34.2 Å². The number of benzene rings is 1. The Bertz CT molecular complexity index is 693. The largest absolute Gasteiger partial charge is 0.306 e. The molecule has 1 fully saturated rings. The lowest BCUT2D eigenvalue weighted by atomic mass is 10.0. The summed E-state index contributed by atoms with van der Waals surface area (Å²) in [6, 6.07) is 7.46. The summed E-state index contributed by atoms with van der Waals surface area (Å²) in [4.78, 5) is 19.7. The smallest absolute Gasteiger partial charge is 0.264 e. The first-order valence-electron chi connectivity index (χ1n) is 6.71. The molecule has 1 saturated carbocycles. The van der Waals surface area contributed by atoms with E-state index in [1.54, 1.807) is 0 Å². The minimum Gasteiger partial charge on any atom is -0.306 e. The third-order valence-corrected chi connectivity index (χ3v) is 5.13. The second-order valence-corrected chi connectivity index (χ2v) is 6.56. The van der Waals surface area contributed by atoms with E-state index in [1.807, 2.05) is 24.3 Å². The number of halogens is 2. The van der Waals surface area contributed by atoms with E-state index >= 15 is 0 Å². The van der Waals surface area contributed by atoms with Crippen molar-refractivity contribution in [3.63, 3.8) is 0 Å². The highest BCUT2D eigenvalue weighted by Crippen LogP contribution is 2.35. The summed E-state index contributed by atoms with van der Waals surface area (Å²) >= 11 is 8.30. The average Bonchev–Trinajstić information content (AvgIpc) is 2.96. The number of rotatable bonds is 2. The topological polar surface area (TPSA) is 45.8 Å². The zero-order valence-electron chi connectivity index (χ0n) is 10.8. The van der Waals surface area contributed by atoms with Gasteiger partial charge in [0.05, 0.1) is 14.3 Å². The van der Waals surface area contributed by atoms with Gasteiger partial charge in [0.25, 0.3) is 5.56 Å². The highest BCUT2D eigenvalue weighted by molar-refractivity contribution is 14.1. The summed E-state index contributed by atoms with van der Waals surface area (Å²) in [6.45, 7) is 0. The molecule has 0 unspecified atom stereocenters. The van der Waals surface area contributed by atoms with Crippen molar-refractivity contribution in [2.45, 2.75) is 31.6 Å². The van der Waals surface area contributed by atoms with Crippen LogP contribution in [0, 0.1) is 3.57 Å². The maximum atomic E-state index is 12.2. The van der Waals surface area contributed by atoms with Gasteiger partial charge in [-0.15, -0.1) is 0 Å². The molecule has 1 aliphatic rings. The molecule has 1 heterocycles. The van der Waals surface area contributed by atoms with E-state index in [4.69, 9.17) is 16.6 Å². The van der Waals surface area contributed by atoms with E-state index in [2.05, 4.69) is 27.6 Å². The molecule has 0 spiro atoms. The molecule has 0 amide bonds. The number of aromatic amines is 1. The Labute approximate surface area is 135 Å². The molecule has 1 N–H and O–H groups in total. The van der Waals surface area contributed by atoms with Crippen LogP contribution in [0.2, 0.25) is 5.02 Å². The fraction of sp³-hybridized carbons (Fsp3) is 0.333. The molecule has 0 saturated heterocycles. The number of H-pyrrole nitrogens is 1. The van der Waals surface area contributed by atoms with Gasteiger partial charge in [0.1, 0.15) is 5.82 Å². The third-order valence-electron chi connectivity index (χ3n) is 3.76. The van der Waals surface area contributed by atoms with Crippen LogP contribution < -0.4 is 5.56 Å². The number of aromatic nitrogens is 2. The van der Waals surface area contributed by atoms with Gasteiger partial charge in [0.2, 0.25) is 0 Å². The van der Waals surface area contributed by atoms with Crippen LogP contribution in [0.4, 0.5) is 0 Å². The summed E-state index contributed by atoms with van der Waals surface area (Å²) in [5.41, 5.74) is 1.64. The van der Waals surface area contributed by atoms with Gasteiger partial charge in [0.15, 0.2) is 0 Å². The lowest BCUT2D eigenvalue weighted by Gasteiger charge is -2.12. The lowest BCUT2D eigenvalue weighted by molar-refractivity contribution is 0.687. The second-order valence-electron chi connectivity index (χ2n) is 5.07. The standard InChI is InChI=1S/C15H14ClIN2O/c16-11-8-4-3-7-10(11)14-18-13(9-5-1-2-6-9)12(17)15(20)19-14/h3-4,7-9H,1-2,5-6H2,(H,18,19,20). The molecular weight excluding hydrogens is 387 g/mol. The Kier molecular flexibility index (Phi) is 4.12. The quantitative estimate of drug-likeness (QED) is 0.762. The van der Waals surface area contributed by atoms with Crippen LogP contribution in [0.5, 0.6) is 0 Å². The fourth-order valence-corrected chi connectivity index (χ4v) is 3.65. The number of nitrogens with one attached hydrogen (secondary N) is 1. The van der Waals surface area contributed by atoms with E-state index in [1.165, 1.54) is 12.8 Å². The molecule has 0 radical (unpaired) electrons. The molecule has 3 nitrogen and oxygen atoms in total. The summed E-state index contributed by atoms with van der Waals surface area (Å²) < 4.78 is 0.713. The lowest BCUT2D eigenvalue weighted by Crippen LogP contribution is -2.18. The average molecular weight is 401 g/mol. The SMILES string of the molecule is O=c1[nH]c(-c2ccccc2Cl)nc(C2CCCC2)c1I. The van der Waals surface area contributed by atoms with E-state index in [0.29, 0.717) is 20.3 Å². The Morgan fingerprint density at radius 2 is 1.95 bits per heavy atom. The van der Waals surface area contributed by atoms with Crippen molar-refractivity contribution in [3.05, 3.63) is 48.9 Å². The third kappa shape index (κ3) is 2.63. The normalized spacial score (nSPS) is 15.7. The van der Waals surface area contributed by atoms with Crippen molar-refractivity contribution in [1.29, 1.82) is 0 Å². The molecule has 0 aliphatic heterocycles. The van der Waals surface area contributed by atoms with Crippen molar-refractivity contribution in [2.75, 3.05) is 0 Å². The van der Waals surface area contributed by atoms with Gasteiger partial charge >= 0.3 is 0 Å². The highest BCUT2D eigenvalue weighted by atomic mass is 127. The van der Waals surface area contributed by atoms with Gasteiger partial charge in [0, 0.05) is 11.5 Å². The van der Waals surface area contributed by atoms with E-state index in [9.17, 15) is 4.79 Å². The van der Waals surface area contributed by atoms with Gasteiger partial charge in [-0.2, -0.15) is 0 Å². The van der Waals surface area contributed by atoms with Crippen LogP contribution in [-0.2, 0) is 0 Å². The van der Waals surface area contributed by atoms with Crippen LogP contribution in [0.25, 0.3) is 11.4 Å². The molecule has 20 heavy (non-hydrogen) atoms. The van der Waals surface area contributed by atoms with Crippen LogP contribution >= 0.6 is 34.2 Å². The summed E-state index contributed by atoms with van der Waals surface area (Å²) in [6.07, 6.45) is 4.68. The predicted octanol–water partition coefficient (Wildman–Crippen LogP) is 4.35. The Morgan fingerprint density at radius 1 is 1.25 bits per heavy atom. The van der Waals surface area contributed by atoms with Gasteiger partial charge in [-0.1, -0.05) is 36.6 Å². The number of nitrogens with zero attached hydrogens (tertiary/aromatic N) is 1. The Balaban J connectivity index is 2.14. The van der Waals surface area contributed by atoms with Crippen molar-refractivity contribution < 1.29 is 0 Å². The number of hydrogen-bond donors (Lipinski definition) is 1. The summed E-state index contributed by atoms with van der Waals surface area (Å²) in [5.74, 6) is 0.980. The molecule has 1 aromatic heterocycles. The van der Waals surface area contributed by atoms with Gasteiger partial charge in [-0.05, 0) is 47.6 Å². The van der Waals surface area contributed by atoms with Crippen LogP contribution in [-0.4, -0.2) is 9.97 Å². The Hall–Kier alpha value is -0.880. The van der Waals surface area contributed by atoms with Gasteiger partial charge in [-0.25, -0.2) is 4.98 Å². The first-order chi connectivity index (χ1) is 9.66. The molecule has 0 bridgehead atoms. The first-order valence-corrected chi connectivity index (χ1v) is 8.17. The molecule has 0 atom stereocenters. The molecule has 1 aromatic carbocycles. The maximum Gasteiger partial charge on any atom is 0.264 e. The molecule has 2 aromatic rings. The minimum atomic E-state index is -0.0718. The molecule has 1 aliphatic carbocycles. The van der Waals surface area contributed by atoms with Crippen molar-refractivity contribution in [3.8, 4) is 11.4 Å². The first kappa shape index (κ1) is 14.1. The molecule has 3 rings (SSSR count). The van der Waals surface area contributed by atoms with Crippen LogP contribution in [0.1, 0.15) is 37.3 Å². The van der Waals surface area contributed by atoms with E-state index in [-0.39, 0.29) is 5.56 Å². The molecule has 5 heteroatoms. The van der Waals surface area contributed by atoms with Crippen molar-refractivity contribution in [2.24, 2.45) is 0 Å². The van der Waals surface area contributed by atoms with Crippen LogP contribution in [0.15, 0.2) is 29.1 Å². The molecular formula is C15H14ClIN2O. The zero-order chi connectivity index (χ0) is 14.1. The second kappa shape index (κ2) is 5.85. The van der Waals surface area contributed by atoms with E-state index in [0.717, 1.165) is 24.1 Å². The van der Waals surface area contributed by atoms with Crippen LogP contribution in [0.3, 0.4) is 0 Å². The van der Waals surface area contributed by atoms with Crippen molar-refractivity contribution in [1.82, 2.24) is 9.97 Å². The van der Waals surface area contributed by atoms with E-state index < -0.39 is 0 Å². The summed E-state index contributed by atoms with van der Waals surface area (Å²) in [5, 5.41) is 0.606. The zero-order valence-corrected chi connectivity index (χ0v) is 13.7. The highest BCUT2D eigenvalue weighted by Gasteiger charge is 2.23. The maximum absolute atomic E-state index is 12.2. The fourth-order valence-electron chi connectivity index (χ4n) is 2.73.